The van der Waals surface area contributed by atoms with Gasteiger partial charge in [0.2, 0.25) is 10.3 Å². The highest BCUT2D eigenvalue weighted by atomic mass is 32.2. The maximum Gasteiger partial charge on any atom is 0.219 e. The number of tetrazole rings is 2. The SMILES string of the molecule is CCCCCCCCCCCCCCCCCCSc1cc(O)c(Sc2nnnn2-c2ccccc2)c(-c2c(C)cccc2C(=S)Oc2cc(C(C)(C)CC(C)(C)C)c(O)c(-c3ccccc3C(O)=S)c2Sc2nnnn2-c2ccccc2)c1O. The Bertz CT molecular complexity index is 3510. The number of benzene rings is 6. The van der Waals surface area contributed by atoms with E-state index in [9.17, 15) is 20.4 Å². The highest BCUT2D eigenvalue weighted by Gasteiger charge is 2.36. The minimum absolute atomic E-state index is 0.0283. The molecule has 2 heterocycles. The van der Waals surface area contributed by atoms with E-state index in [0.717, 1.165) is 54.1 Å². The molecule has 448 valence electrons. The van der Waals surface area contributed by atoms with Gasteiger partial charge in [-0.25, -0.2) is 0 Å². The molecule has 6 aromatic carbocycles. The third-order valence-corrected chi connectivity index (χ3v) is 18.8. The Kier molecular flexibility index (Phi) is 23.5. The first kappa shape index (κ1) is 64.7. The number of nitrogens with zero attached hydrogens (tertiary/aromatic N) is 8. The zero-order valence-electron chi connectivity index (χ0n) is 50.0. The van der Waals surface area contributed by atoms with Gasteiger partial charge in [-0.05, 0) is 165 Å². The second-order valence-corrected chi connectivity index (χ2v) is 27.4. The molecule has 0 aliphatic carbocycles. The monoisotopic (exact) mass is 1240 g/mol. The quantitative estimate of drug-likeness (QED) is 0.0140. The van der Waals surface area contributed by atoms with Crippen molar-refractivity contribution in [3.05, 3.63) is 138 Å². The molecule has 4 N–H and O–H groups in total. The van der Waals surface area contributed by atoms with Crippen LogP contribution in [0.25, 0.3) is 33.6 Å². The highest BCUT2D eigenvalue weighted by molar-refractivity contribution is 8.00. The van der Waals surface area contributed by atoms with Gasteiger partial charge in [0.15, 0.2) is 10.1 Å². The Hall–Kier alpha value is -6.31. The predicted molar refractivity (Wildman–Crippen MR) is 354 cm³/mol. The lowest BCUT2D eigenvalue weighted by molar-refractivity contribution is 0.278. The highest BCUT2D eigenvalue weighted by Crippen LogP contribution is 2.55. The van der Waals surface area contributed by atoms with Crippen LogP contribution in [0, 0.1) is 12.3 Å². The van der Waals surface area contributed by atoms with Crippen molar-refractivity contribution in [1.29, 1.82) is 0 Å². The number of thiocarbonyl (C=S) groups is 2. The maximum atomic E-state index is 12.9. The number of para-hydroxylation sites is 2. The van der Waals surface area contributed by atoms with E-state index < -0.39 is 5.41 Å². The first-order valence-electron chi connectivity index (χ1n) is 29.8. The average molecular weight is 1240 g/mol. The lowest BCUT2D eigenvalue weighted by Crippen LogP contribution is -2.25. The number of hydrogen-bond donors (Lipinski definition) is 4. The van der Waals surface area contributed by atoms with Crippen molar-refractivity contribution in [1.82, 2.24) is 40.4 Å². The molecular weight excluding hydrogens is 1160 g/mol. The van der Waals surface area contributed by atoms with E-state index in [0.29, 0.717) is 81.7 Å². The van der Waals surface area contributed by atoms with Crippen LogP contribution in [-0.4, -0.2) is 76.7 Å². The summed E-state index contributed by atoms with van der Waals surface area (Å²) in [5.41, 5.74) is 4.28. The van der Waals surface area contributed by atoms with Gasteiger partial charge < -0.3 is 25.2 Å². The Balaban J connectivity index is 1.16. The molecule has 0 saturated heterocycles. The fourth-order valence-electron chi connectivity index (χ4n) is 11.2. The number of aliphatic hydroxyl groups is 1. The van der Waals surface area contributed by atoms with E-state index in [1.54, 1.807) is 33.6 Å². The molecular formula is C67H80N8O5S5. The third kappa shape index (κ3) is 17.0. The predicted octanol–water partition coefficient (Wildman–Crippen LogP) is 18.8. The number of rotatable bonds is 31. The van der Waals surface area contributed by atoms with Crippen LogP contribution in [0.3, 0.4) is 0 Å². The van der Waals surface area contributed by atoms with E-state index >= 15 is 0 Å². The van der Waals surface area contributed by atoms with Crippen LogP contribution in [0.4, 0.5) is 0 Å². The molecule has 0 unspecified atom stereocenters. The minimum atomic E-state index is -0.663. The van der Waals surface area contributed by atoms with Gasteiger partial charge in [-0.2, -0.15) is 9.36 Å². The Morgan fingerprint density at radius 2 is 1.07 bits per heavy atom. The fourth-order valence-corrected chi connectivity index (χ4v) is 14.6. The van der Waals surface area contributed by atoms with Gasteiger partial charge in [0.05, 0.1) is 26.1 Å². The summed E-state index contributed by atoms with van der Waals surface area (Å²) >= 11 is 15.7. The minimum Gasteiger partial charge on any atom is -0.507 e. The lowest BCUT2D eigenvalue weighted by atomic mass is 9.71. The van der Waals surface area contributed by atoms with Gasteiger partial charge in [0.1, 0.15) is 23.0 Å². The number of phenolic OH excluding ortho intramolecular Hbond substituents is 3. The zero-order valence-corrected chi connectivity index (χ0v) is 54.1. The van der Waals surface area contributed by atoms with Crippen molar-refractivity contribution in [3.63, 3.8) is 0 Å². The number of phenols is 3. The van der Waals surface area contributed by atoms with Crippen LogP contribution >= 0.6 is 59.7 Å². The van der Waals surface area contributed by atoms with Crippen molar-refractivity contribution in [2.45, 2.75) is 188 Å². The summed E-state index contributed by atoms with van der Waals surface area (Å²) < 4.78 is 10.3. The summed E-state index contributed by atoms with van der Waals surface area (Å²) in [4.78, 5) is 1.22. The molecule has 0 radical (unpaired) electrons. The van der Waals surface area contributed by atoms with Crippen LogP contribution < -0.4 is 4.74 Å². The van der Waals surface area contributed by atoms with Gasteiger partial charge in [-0.15, -0.1) is 22.0 Å². The van der Waals surface area contributed by atoms with Crippen LogP contribution in [-0.2, 0) is 5.41 Å². The smallest absolute Gasteiger partial charge is 0.219 e. The van der Waals surface area contributed by atoms with Crippen molar-refractivity contribution in [3.8, 4) is 56.6 Å². The molecule has 13 nitrogen and oxygen atoms in total. The first-order chi connectivity index (χ1) is 41.0. The topological polar surface area (TPSA) is 177 Å². The van der Waals surface area contributed by atoms with Crippen LogP contribution in [0.1, 0.15) is 173 Å². The summed E-state index contributed by atoms with van der Waals surface area (Å²) in [7, 11) is 0. The number of aliphatic hydroxyl groups excluding tert-OH is 1. The standard InChI is InChI=1S/C67H80N8O5S5/c1-8-9-10-11-12-13-14-15-16-17-18-19-20-21-22-31-41-83-54-43-52(76)60(84-64-68-70-72-74(64)46-34-25-23-26-35-46)57(59(54)78)55-45(2)33-32-40-50(55)63(82)80-53-42-51(67(6,7)44-66(3,4)5)58(77)56(48-38-29-30-39-49(48)62(79)81)61(53)85-65-69-71-73-75(65)47-36-27-24-28-37-47/h23-30,32-40,42-43,76-78H,8-22,31,41,44H2,1-7H3,(H,79,81). The van der Waals surface area contributed by atoms with Crippen LogP contribution in [0.2, 0.25) is 0 Å². The molecule has 18 heteroatoms. The van der Waals surface area contributed by atoms with Crippen molar-refractivity contribution in [2.24, 2.45) is 5.41 Å². The fraction of sp³-hybridized carbons (Fsp3) is 0.403. The zero-order chi connectivity index (χ0) is 60.5. The van der Waals surface area contributed by atoms with Crippen LogP contribution in [0.15, 0.2) is 140 Å². The van der Waals surface area contributed by atoms with E-state index in [4.69, 9.17) is 29.2 Å². The number of aryl methyl sites for hydroxylation is 1. The number of thioether (sulfide) groups is 1. The second-order valence-electron chi connectivity index (χ2n) is 23.6. The maximum absolute atomic E-state index is 12.9. The van der Waals surface area contributed by atoms with Gasteiger partial charge in [0, 0.05) is 33.4 Å². The molecule has 0 spiro atoms. The van der Waals surface area contributed by atoms with E-state index in [1.807, 2.05) is 97.9 Å². The Morgan fingerprint density at radius 1 is 0.565 bits per heavy atom. The molecule has 0 aliphatic rings. The van der Waals surface area contributed by atoms with Gasteiger partial charge in [-0.3, -0.25) is 0 Å². The molecule has 8 aromatic rings. The number of ether oxygens (including phenoxy) is 1. The van der Waals surface area contributed by atoms with Gasteiger partial charge in [0.25, 0.3) is 0 Å². The van der Waals surface area contributed by atoms with Crippen molar-refractivity contribution >= 4 is 69.8 Å². The molecule has 0 fully saturated rings. The molecule has 0 aliphatic heterocycles. The normalized spacial score (nSPS) is 11.8. The summed E-state index contributed by atoms with van der Waals surface area (Å²) in [6.07, 6.45) is 21.1. The third-order valence-electron chi connectivity index (χ3n) is 15.0. The van der Waals surface area contributed by atoms with Gasteiger partial charge >= 0.3 is 0 Å². The number of unbranched alkanes of at least 4 members (excludes halogenated alkanes) is 15. The molecule has 0 amide bonds. The molecule has 8 rings (SSSR count). The Labute approximate surface area is 525 Å². The molecule has 0 bridgehead atoms. The molecule has 0 saturated carbocycles. The average Bonchev–Trinajstić information content (AvgIpc) is 1.21. The first-order valence-corrected chi connectivity index (χ1v) is 33.2. The largest absolute Gasteiger partial charge is 0.507 e. The second kappa shape index (κ2) is 30.9. The number of aromatic nitrogens is 8. The summed E-state index contributed by atoms with van der Waals surface area (Å²) in [6, 6.07) is 35.2. The summed E-state index contributed by atoms with van der Waals surface area (Å²) in [5.74, 6) is 0.863. The van der Waals surface area contributed by atoms with Gasteiger partial charge in [-0.1, -0.05) is 205 Å². The summed E-state index contributed by atoms with van der Waals surface area (Å²) in [5, 5.41) is 75.3. The van der Waals surface area contributed by atoms with E-state index in [1.165, 1.54) is 95.2 Å². The molecule has 2 aromatic heterocycles. The van der Waals surface area contributed by atoms with E-state index in [-0.39, 0.29) is 38.5 Å². The number of hydrogen-bond acceptors (Lipinski definition) is 15. The number of aromatic hydroxyl groups is 3. The Morgan fingerprint density at radius 3 is 1.61 bits per heavy atom. The molecule has 85 heavy (non-hydrogen) atoms. The molecule has 0 atom stereocenters. The lowest BCUT2D eigenvalue weighted by Gasteiger charge is -2.34. The summed E-state index contributed by atoms with van der Waals surface area (Å²) in [6.45, 7) is 14.8. The van der Waals surface area contributed by atoms with Crippen LogP contribution in [0.5, 0.6) is 23.0 Å². The van der Waals surface area contributed by atoms with Crippen molar-refractivity contribution < 1.29 is 25.2 Å². The van der Waals surface area contributed by atoms with Crippen molar-refractivity contribution in [2.75, 3.05) is 5.75 Å². The van der Waals surface area contributed by atoms with E-state index in [2.05, 4.69) is 72.6 Å².